The van der Waals surface area contributed by atoms with Crippen LogP contribution in [-0.2, 0) is 30.4 Å². The van der Waals surface area contributed by atoms with Gasteiger partial charge >= 0.3 is 5.97 Å². The minimum atomic E-state index is -1.37. The molecule has 182 valence electrons. The van der Waals surface area contributed by atoms with Crippen molar-refractivity contribution in [1.82, 2.24) is 20.5 Å². The number of aromatic nitrogens is 1. The predicted molar refractivity (Wildman–Crippen MR) is 121 cm³/mol. The van der Waals surface area contributed by atoms with Crippen LogP contribution in [0.15, 0.2) is 30.5 Å². The minimum absolute atomic E-state index is 0.0839. The number of nitrogens with one attached hydrogen (secondary N) is 3. The first kappa shape index (κ1) is 24.7. The molecule has 8 N–H and O–H groups in total. The Bertz CT molecular complexity index is 1100. The molecule has 0 spiro atoms. The number of aliphatic carboxylic acids is 1. The number of primary amides is 1. The Labute approximate surface area is 195 Å². The fourth-order valence-electron chi connectivity index (χ4n) is 4.14. The number of nitrogens with two attached hydrogens (primary N) is 2. The van der Waals surface area contributed by atoms with E-state index in [0.717, 1.165) is 21.4 Å². The topological polar surface area (TPSA) is 201 Å². The summed E-state index contributed by atoms with van der Waals surface area (Å²) < 4.78 is 0. The first-order chi connectivity index (χ1) is 16.2. The van der Waals surface area contributed by atoms with Crippen LogP contribution >= 0.6 is 0 Å². The van der Waals surface area contributed by atoms with Gasteiger partial charge in [0.05, 0.1) is 13.0 Å². The van der Waals surface area contributed by atoms with Crippen LogP contribution in [0.3, 0.4) is 0 Å². The summed E-state index contributed by atoms with van der Waals surface area (Å²) in [6.07, 6.45) is 2.04. The number of benzene rings is 1. The van der Waals surface area contributed by atoms with E-state index in [0.29, 0.717) is 6.42 Å². The van der Waals surface area contributed by atoms with Crippen molar-refractivity contribution in [2.24, 2.45) is 11.5 Å². The normalized spacial score (nSPS) is 17.2. The Hall–Kier alpha value is -3.93. The zero-order valence-corrected chi connectivity index (χ0v) is 18.5. The standard InChI is InChI=1S/C22H28N6O6/c23-10-19(30)26-15(8-12-11-25-14-5-2-1-4-13(12)14)20(31)27-16(9-18(24)29)21(32)28-7-3-6-17(28)22(33)34/h1-2,4-5,11,15-17,25H,3,6-10,23H2,(H2,24,29)(H,26,30)(H,27,31)(H,33,34). The van der Waals surface area contributed by atoms with E-state index in [2.05, 4.69) is 15.6 Å². The minimum Gasteiger partial charge on any atom is -0.480 e. The molecule has 2 aromatic rings. The fourth-order valence-corrected chi connectivity index (χ4v) is 4.14. The summed E-state index contributed by atoms with van der Waals surface area (Å²) in [6, 6.07) is 3.90. The molecule has 0 radical (unpaired) electrons. The second-order valence-electron chi connectivity index (χ2n) is 8.15. The average Bonchev–Trinajstić information content (AvgIpc) is 3.45. The molecule has 0 aliphatic carbocycles. The van der Waals surface area contributed by atoms with Crippen LogP contribution in [-0.4, -0.2) is 75.8 Å². The number of fused-ring (bicyclic) bond motifs is 1. The molecule has 0 saturated carbocycles. The van der Waals surface area contributed by atoms with Crippen molar-refractivity contribution in [3.63, 3.8) is 0 Å². The highest BCUT2D eigenvalue weighted by Gasteiger charge is 2.38. The van der Waals surface area contributed by atoms with E-state index in [1.165, 1.54) is 0 Å². The molecular formula is C22H28N6O6. The fraction of sp³-hybridized carbons (Fsp3) is 0.409. The first-order valence-electron chi connectivity index (χ1n) is 10.9. The predicted octanol–water partition coefficient (Wildman–Crippen LogP) is -1.41. The molecule has 1 saturated heterocycles. The second-order valence-corrected chi connectivity index (χ2v) is 8.15. The Morgan fingerprint density at radius 3 is 2.56 bits per heavy atom. The number of hydrogen-bond acceptors (Lipinski definition) is 6. The van der Waals surface area contributed by atoms with Gasteiger partial charge in [-0.15, -0.1) is 0 Å². The number of carbonyl (C=O) groups excluding carboxylic acids is 4. The van der Waals surface area contributed by atoms with Gasteiger partial charge in [0.15, 0.2) is 0 Å². The molecule has 0 bridgehead atoms. The summed E-state index contributed by atoms with van der Waals surface area (Å²) in [6.45, 7) is -0.168. The van der Waals surface area contributed by atoms with Crippen molar-refractivity contribution in [2.45, 2.75) is 43.8 Å². The van der Waals surface area contributed by atoms with E-state index in [1.807, 2.05) is 24.3 Å². The van der Waals surface area contributed by atoms with Gasteiger partial charge in [0.2, 0.25) is 23.6 Å². The summed E-state index contributed by atoms with van der Waals surface area (Å²) in [7, 11) is 0. The lowest BCUT2D eigenvalue weighted by molar-refractivity contribution is -0.149. The molecule has 4 amide bonds. The van der Waals surface area contributed by atoms with Crippen LogP contribution in [0, 0.1) is 0 Å². The van der Waals surface area contributed by atoms with Crippen molar-refractivity contribution in [3.8, 4) is 0 Å². The number of nitrogens with zero attached hydrogens (tertiary/aromatic N) is 1. The van der Waals surface area contributed by atoms with Crippen molar-refractivity contribution >= 4 is 40.5 Å². The monoisotopic (exact) mass is 472 g/mol. The number of likely N-dealkylation sites (tertiary alicyclic amines) is 1. The van der Waals surface area contributed by atoms with Crippen LogP contribution in [0.5, 0.6) is 0 Å². The Kier molecular flexibility index (Phi) is 7.84. The number of hydrogen-bond donors (Lipinski definition) is 6. The summed E-state index contributed by atoms with van der Waals surface area (Å²) >= 11 is 0. The molecule has 1 aromatic carbocycles. The van der Waals surface area contributed by atoms with Gasteiger partial charge in [-0.25, -0.2) is 4.79 Å². The van der Waals surface area contributed by atoms with Gasteiger partial charge in [-0.1, -0.05) is 18.2 Å². The maximum absolute atomic E-state index is 13.2. The number of para-hydroxylation sites is 1. The van der Waals surface area contributed by atoms with Crippen molar-refractivity contribution < 1.29 is 29.1 Å². The van der Waals surface area contributed by atoms with Gasteiger partial charge in [-0.2, -0.15) is 0 Å². The SMILES string of the molecule is NCC(=O)NC(Cc1c[nH]c2ccccc12)C(=O)NC(CC(N)=O)C(=O)N1CCCC1C(=O)O. The van der Waals surface area contributed by atoms with Crippen molar-refractivity contribution in [1.29, 1.82) is 0 Å². The first-order valence-corrected chi connectivity index (χ1v) is 10.9. The Morgan fingerprint density at radius 2 is 1.88 bits per heavy atom. The Morgan fingerprint density at radius 1 is 1.15 bits per heavy atom. The zero-order chi connectivity index (χ0) is 24.8. The number of rotatable bonds is 10. The van der Waals surface area contributed by atoms with Crippen LogP contribution in [0.4, 0.5) is 0 Å². The van der Waals surface area contributed by atoms with Gasteiger partial charge in [-0.3, -0.25) is 19.2 Å². The number of H-pyrrole nitrogens is 1. The van der Waals surface area contributed by atoms with Gasteiger partial charge in [0, 0.05) is 30.1 Å². The number of amides is 4. The zero-order valence-electron chi connectivity index (χ0n) is 18.5. The summed E-state index contributed by atoms with van der Waals surface area (Å²) in [4.78, 5) is 65.6. The molecule has 1 fully saturated rings. The second kappa shape index (κ2) is 10.8. The molecule has 1 aromatic heterocycles. The van der Waals surface area contributed by atoms with Crippen LogP contribution in [0.1, 0.15) is 24.8 Å². The van der Waals surface area contributed by atoms with E-state index in [4.69, 9.17) is 11.5 Å². The van der Waals surface area contributed by atoms with E-state index < -0.39 is 54.1 Å². The average molecular weight is 473 g/mol. The third-order valence-electron chi connectivity index (χ3n) is 5.78. The van der Waals surface area contributed by atoms with Gasteiger partial charge in [0.1, 0.15) is 18.1 Å². The van der Waals surface area contributed by atoms with Crippen LogP contribution < -0.4 is 22.1 Å². The van der Waals surface area contributed by atoms with Gasteiger partial charge in [-0.05, 0) is 24.5 Å². The summed E-state index contributed by atoms with van der Waals surface area (Å²) in [5.74, 6) is -4.03. The third kappa shape index (κ3) is 5.70. The quantitative estimate of drug-likeness (QED) is 0.244. The van der Waals surface area contributed by atoms with Crippen molar-refractivity contribution in [3.05, 3.63) is 36.0 Å². The number of aromatic amines is 1. The van der Waals surface area contributed by atoms with Crippen LogP contribution in [0.25, 0.3) is 10.9 Å². The van der Waals surface area contributed by atoms with Gasteiger partial charge in [0.25, 0.3) is 0 Å². The molecule has 1 aliphatic heterocycles. The highest BCUT2D eigenvalue weighted by molar-refractivity contribution is 5.96. The molecule has 34 heavy (non-hydrogen) atoms. The highest BCUT2D eigenvalue weighted by Crippen LogP contribution is 2.21. The lowest BCUT2D eigenvalue weighted by Gasteiger charge is -2.28. The number of carbonyl (C=O) groups is 5. The van der Waals surface area contributed by atoms with E-state index in [-0.39, 0.29) is 25.9 Å². The maximum atomic E-state index is 13.2. The molecule has 12 heteroatoms. The summed E-state index contributed by atoms with van der Waals surface area (Å²) in [5.41, 5.74) is 12.3. The maximum Gasteiger partial charge on any atom is 0.326 e. The van der Waals surface area contributed by atoms with Gasteiger partial charge < -0.3 is 37.1 Å². The van der Waals surface area contributed by atoms with E-state index in [9.17, 15) is 29.1 Å². The molecular weight excluding hydrogens is 444 g/mol. The van der Waals surface area contributed by atoms with E-state index >= 15 is 0 Å². The highest BCUT2D eigenvalue weighted by atomic mass is 16.4. The van der Waals surface area contributed by atoms with Crippen LogP contribution in [0.2, 0.25) is 0 Å². The Balaban J connectivity index is 1.82. The lowest BCUT2D eigenvalue weighted by atomic mass is 10.0. The lowest BCUT2D eigenvalue weighted by Crippen LogP contribution is -2.57. The summed E-state index contributed by atoms with van der Waals surface area (Å²) in [5, 5.41) is 15.3. The third-order valence-corrected chi connectivity index (χ3v) is 5.78. The van der Waals surface area contributed by atoms with Crippen molar-refractivity contribution in [2.75, 3.05) is 13.1 Å². The smallest absolute Gasteiger partial charge is 0.326 e. The molecule has 3 unspecified atom stereocenters. The molecule has 3 atom stereocenters. The molecule has 2 heterocycles. The number of carboxylic acid groups (broad SMARTS) is 1. The molecule has 12 nitrogen and oxygen atoms in total. The number of carboxylic acids is 1. The molecule has 1 aliphatic rings. The molecule has 3 rings (SSSR count). The largest absolute Gasteiger partial charge is 0.480 e. The van der Waals surface area contributed by atoms with E-state index in [1.54, 1.807) is 6.20 Å².